The number of nitrogens with one attached hydrogen (secondary N) is 1. The number of aryl methyl sites for hydroxylation is 1. The number of fused-ring (bicyclic) bond motifs is 2. The van der Waals surface area contributed by atoms with Crippen molar-refractivity contribution in [3.05, 3.63) is 96.6 Å². The summed E-state index contributed by atoms with van der Waals surface area (Å²) in [6.45, 7) is 2.09. The first kappa shape index (κ1) is 17.2. The zero-order valence-electron chi connectivity index (χ0n) is 16.1. The van der Waals surface area contributed by atoms with E-state index in [-0.39, 0.29) is 0 Å². The second kappa shape index (κ2) is 6.91. The Hall–Kier alpha value is -3.92. The average molecular weight is 377 g/mol. The molecule has 3 N–H and O–H groups in total. The lowest BCUT2D eigenvalue weighted by Crippen LogP contribution is -2.34. The second-order valence-corrected chi connectivity index (χ2v) is 7.20. The highest BCUT2D eigenvalue weighted by Crippen LogP contribution is 2.27. The molecule has 4 aromatic carbocycles. The number of nitrogens with zero attached hydrogens (tertiary/aromatic N) is 2. The molecule has 0 radical (unpaired) electrons. The van der Waals surface area contributed by atoms with Crippen LogP contribution >= 0.6 is 0 Å². The molecular formula is C25H21N4+. The van der Waals surface area contributed by atoms with Gasteiger partial charge in [-0.05, 0) is 43.3 Å². The first-order valence-electron chi connectivity index (χ1n) is 9.62. The highest BCUT2D eigenvalue weighted by atomic mass is 15.0. The van der Waals surface area contributed by atoms with Gasteiger partial charge in [0.15, 0.2) is 0 Å². The lowest BCUT2D eigenvalue weighted by Gasteiger charge is -2.11. The number of anilines is 3. The maximum Gasteiger partial charge on any atom is 0.261 e. The van der Waals surface area contributed by atoms with Gasteiger partial charge in [0.05, 0.1) is 0 Å². The molecule has 1 heterocycles. The Morgan fingerprint density at radius 2 is 1.59 bits per heavy atom. The van der Waals surface area contributed by atoms with Gasteiger partial charge in [0.1, 0.15) is 16.7 Å². The Morgan fingerprint density at radius 1 is 0.793 bits per heavy atom. The van der Waals surface area contributed by atoms with Crippen molar-refractivity contribution in [2.75, 3.05) is 11.1 Å². The first-order chi connectivity index (χ1) is 14.2. The summed E-state index contributed by atoms with van der Waals surface area (Å²) in [7, 11) is 0. The van der Waals surface area contributed by atoms with Crippen molar-refractivity contribution in [1.29, 1.82) is 0 Å². The van der Waals surface area contributed by atoms with Crippen molar-refractivity contribution in [3.8, 4) is 5.69 Å². The standard InChI is InChI=1S/C25H20N4/c1-17-10-13-20(14-11-17)29-24-16-18(26)12-15-21(24)28-23-9-5-8-22(25(23)29)27-19-6-3-2-4-7-19/h2-16,26-27H,1H3/p+1. The van der Waals surface area contributed by atoms with Gasteiger partial charge < -0.3 is 11.1 Å². The molecule has 5 aromatic rings. The van der Waals surface area contributed by atoms with Gasteiger partial charge >= 0.3 is 0 Å². The maximum absolute atomic E-state index is 6.14. The molecule has 1 aromatic heterocycles. The predicted molar refractivity (Wildman–Crippen MR) is 120 cm³/mol. The monoisotopic (exact) mass is 377 g/mol. The zero-order valence-corrected chi connectivity index (χ0v) is 16.1. The molecule has 0 aliphatic heterocycles. The van der Waals surface area contributed by atoms with Crippen LogP contribution < -0.4 is 15.6 Å². The summed E-state index contributed by atoms with van der Waals surface area (Å²) in [4.78, 5) is 4.91. The fourth-order valence-electron chi connectivity index (χ4n) is 3.66. The molecule has 0 saturated heterocycles. The van der Waals surface area contributed by atoms with E-state index in [9.17, 15) is 0 Å². The highest BCUT2D eigenvalue weighted by molar-refractivity contribution is 5.92. The number of hydrogen-bond acceptors (Lipinski definition) is 3. The summed E-state index contributed by atoms with van der Waals surface area (Å²) < 4.78 is 2.23. The van der Waals surface area contributed by atoms with E-state index in [2.05, 4.69) is 59.3 Å². The van der Waals surface area contributed by atoms with Gasteiger partial charge in [-0.3, -0.25) is 0 Å². The molecule has 5 rings (SSSR count). The van der Waals surface area contributed by atoms with Crippen LogP contribution in [0.4, 0.5) is 17.1 Å². The van der Waals surface area contributed by atoms with Gasteiger partial charge in [-0.15, -0.1) is 4.57 Å². The van der Waals surface area contributed by atoms with Crippen LogP contribution in [0, 0.1) is 6.92 Å². The number of aromatic nitrogens is 2. The Bertz CT molecular complexity index is 1330. The summed E-state index contributed by atoms with van der Waals surface area (Å²) >= 11 is 0. The van der Waals surface area contributed by atoms with E-state index in [0.29, 0.717) is 5.69 Å². The fourth-order valence-corrected chi connectivity index (χ4v) is 3.66. The lowest BCUT2D eigenvalue weighted by atomic mass is 10.1. The first-order valence-corrected chi connectivity index (χ1v) is 9.62. The van der Waals surface area contributed by atoms with Crippen molar-refractivity contribution >= 4 is 39.1 Å². The molecule has 0 saturated carbocycles. The summed E-state index contributed by atoms with van der Waals surface area (Å²) in [6, 6.07) is 30.7. The van der Waals surface area contributed by atoms with Gasteiger partial charge in [0.2, 0.25) is 11.2 Å². The van der Waals surface area contributed by atoms with E-state index in [1.807, 2.05) is 48.5 Å². The largest absolute Gasteiger partial charge is 0.399 e. The number of nitrogen functional groups attached to an aromatic ring is 1. The van der Waals surface area contributed by atoms with Crippen molar-refractivity contribution in [2.24, 2.45) is 0 Å². The predicted octanol–water partition coefficient (Wildman–Crippen LogP) is 5.30. The molecule has 0 amide bonds. The Labute approximate surface area is 169 Å². The van der Waals surface area contributed by atoms with Crippen LogP contribution in [-0.4, -0.2) is 4.98 Å². The number of rotatable bonds is 3. The molecule has 140 valence electrons. The highest BCUT2D eigenvalue weighted by Gasteiger charge is 2.22. The number of benzene rings is 4. The van der Waals surface area contributed by atoms with Gasteiger partial charge in [0, 0.05) is 29.6 Å². The van der Waals surface area contributed by atoms with Gasteiger partial charge in [-0.2, -0.15) is 0 Å². The van der Waals surface area contributed by atoms with Crippen LogP contribution in [0.15, 0.2) is 91.0 Å². The van der Waals surface area contributed by atoms with Crippen LogP contribution in [-0.2, 0) is 0 Å². The minimum atomic E-state index is 0.716. The Balaban J connectivity index is 1.87. The van der Waals surface area contributed by atoms with Gasteiger partial charge in [-0.25, -0.2) is 4.98 Å². The van der Waals surface area contributed by atoms with Crippen LogP contribution in [0.5, 0.6) is 0 Å². The van der Waals surface area contributed by atoms with E-state index >= 15 is 0 Å². The minimum absolute atomic E-state index is 0.716. The van der Waals surface area contributed by atoms with Crippen molar-refractivity contribution in [2.45, 2.75) is 6.92 Å². The minimum Gasteiger partial charge on any atom is -0.399 e. The molecule has 0 atom stereocenters. The number of nitrogens with two attached hydrogens (primary N) is 1. The molecule has 0 bridgehead atoms. The van der Waals surface area contributed by atoms with E-state index in [4.69, 9.17) is 10.7 Å². The summed E-state index contributed by atoms with van der Waals surface area (Å²) in [6.07, 6.45) is 0. The van der Waals surface area contributed by atoms with Gasteiger partial charge in [-0.1, -0.05) is 42.0 Å². The van der Waals surface area contributed by atoms with Crippen LogP contribution in [0.3, 0.4) is 0 Å². The van der Waals surface area contributed by atoms with Gasteiger partial charge in [0.25, 0.3) is 5.52 Å². The van der Waals surface area contributed by atoms with Crippen LogP contribution in [0.25, 0.3) is 27.8 Å². The van der Waals surface area contributed by atoms with Crippen molar-refractivity contribution < 1.29 is 4.57 Å². The molecule has 0 fully saturated rings. The smallest absolute Gasteiger partial charge is 0.261 e. The second-order valence-electron chi connectivity index (χ2n) is 7.20. The summed E-state index contributed by atoms with van der Waals surface area (Å²) in [5.74, 6) is 0. The average Bonchev–Trinajstić information content (AvgIpc) is 2.74. The topological polar surface area (TPSA) is 54.8 Å². The van der Waals surface area contributed by atoms with Crippen LogP contribution in [0.2, 0.25) is 0 Å². The quantitative estimate of drug-likeness (QED) is 0.255. The third-order valence-corrected chi connectivity index (χ3v) is 5.06. The molecule has 4 nitrogen and oxygen atoms in total. The normalized spacial score (nSPS) is 11.1. The van der Waals surface area contributed by atoms with Crippen molar-refractivity contribution in [3.63, 3.8) is 0 Å². The van der Waals surface area contributed by atoms with Crippen molar-refractivity contribution in [1.82, 2.24) is 4.98 Å². The lowest BCUT2D eigenvalue weighted by molar-refractivity contribution is -0.537. The third-order valence-electron chi connectivity index (χ3n) is 5.06. The fraction of sp³-hybridized carbons (Fsp3) is 0.0400. The van der Waals surface area contributed by atoms with Crippen LogP contribution in [0.1, 0.15) is 5.56 Å². The third kappa shape index (κ3) is 3.15. The Morgan fingerprint density at radius 3 is 2.38 bits per heavy atom. The maximum atomic E-state index is 6.14. The SMILES string of the molecule is Cc1ccc(-[n+]2c3cc(N)ccc3nc3cccc(Nc4ccccc4)c32)cc1. The molecule has 0 aliphatic rings. The summed E-state index contributed by atoms with van der Waals surface area (Å²) in [5.41, 5.74) is 15.0. The molecular weight excluding hydrogens is 356 g/mol. The summed E-state index contributed by atoms with van der Waals surface area (Å²) in [5, 5.41) is 3.56. The number of para-hydroxylation sites is 2. The zero-order chi connectivity index (χ0) is 19.8. The molecule has 29 heavy (non-hydrogen) atoms. The van der Waals surface area contributed by atoms with E-state index in [0.717, 1.165) is 39.1 Å². The molecule has 0 spiro atoms. The van der Waals surface area contributed by atoms with E-state index < -0.39 is 0 Å². The Kier molecular flexibility index (Phi) is 4.10. The van der Waals surface area contributed by atoms with E-state index in [1.165, 1.54) is 5.56 Å². The molecule has 0 unspecified atom stereocenters. The van der Waals surface area contributed by atoms with E-state index in [1.54, 1.807) is 0 Å². The molecule has 4 heteroatoms. The number of hydrogen-bond donors (Lipinski definition) is 2. The molecule has 0 aliphatic carbocycles.